The Morgan fingerprint density at radius 1 is 1.80 bits per heavy atom. The Hall–Kier alpha value is -0.870. The minimum absolute atomic E-state index is 0.116. The van der Waals surface area contributed by atoms with E-state index < -0.39 is 5.97 Å². The molecule has 1 unspecified atom stereocenters. The lowest BCUT2D eigenvalue weighted by atomic mass is 10.2. The van der Waals surface area contributed by atoms with Crippen LogP contribution in [0.5, 0.6) is 0 Å². The molecule has 1 aliphatic heterocycles. The lowest BCUT2D eigenvalue weighted by molar-refractivity contribution is -0.133. The van der Waals surface area contributed by atoms with Crippen LogP contribution >= 0.6 is 0 Å². The largest absolute Gasteiger partial charge is 0.478 e. The molecule has 1 atom stereocenters. The van der Waals surface area contributed by atoms with E-state index in [2.05, 4.69) is 11.9 Å². The maximum atomic E-state index is 10.3. The maximum absolute atomic E-state index is 10.3. The van der Waals surface area contributed by atoms with E-state index in [9.17, 15) is 4.79 Å². The summed E-state index contributed by atoms with van der Waals surface area (Å²) in [6.07, 6.45) is -0.350. The van der Waals surface area contributed by atoms with Gasteiger partial charge in [-0.3, -0.25) is 5.32 Å². The molecule has 0 aromatic heterocycles. The molecule has 4 nitrogen and oxygen atoms in total. The Bertz CT molecular complexity index is 160. The molecule has 0 spiro atoms. The summed E-state index contributed by atoms with van der Waals surface area (Å²) in [5.41, 5.74) is 0.116. The van der Waals surface area contributed by atoms with Gasteiger partial charge in [0.2, 0.25) is 0 Å². The van der Waals surface area contributed by atoms with Crippen LogP contribution in [0.15, 0.2) is 12.2 Å². The molecule has 0 aromatic carbocycles. The minimum atomic E-state index is -0.992. The summed E-state index contributed by atoms with van der Waals surface area (Å²) in [6, 6.07) is 0. The van der Waals surface area contributed by atoms with Gasteiger partial charge in [-0.1, -0.05) is 6.58 Å². The van der Waals surface area contributed by atoms with E-state index in [-0.39, 0.29) is 11.7 Å². The summed E-state index contributed by atoms with van der Waals surface area (Å²) in [6.45, 7) is 4.33. The molecule has 0 radical (unpaired) electrons. The number of carboxylic acid groups (broad SMARTS) is 1. The van der Waals surface area contributed by atoms with E-state index in [1.165, 1.54) is 0 Å². The van der Waals surface area contributed by atoms with Crippen LogP contribution in [0.1, 0.15) is 0 Å². The van der Waals surface area contributed by atoms with Crippen LogP contribution < -0.4 is 5.32 Å². The summed E-state index contributed by atoms with van der Waals surface area (Å²) >= 11 is 0. The standard InChI is InChI=1S/C6H9NO3/c1-4(6(8)9)5-2-7-3-10-5/h5,7H,1-3H2,(H,8,9). The number of hydrogen-bond donors (Lipinski definition) is 2. The van der Waals surface area contributed by atoms with Gasteiger partial charge in [-0.25, -0.2) is 4.79 Å². The van der Waals surface area contributed by atoms with Crippen molar-refractivity contribution in [3.63, 3.8) is 0 Å². The van der Waals surface area contributed by atoms with E-state index in [0.29, 0.717) is 13.3 Å². The molecule has 0 bridgehead atoms. The van der Waals surface area contributed by atoms with Crippen molar-refractivity contribution in [2.24, 2.45) is 0 Å². The Kier molecular flexibility index (Phi) is 2.03. The van der Waals surface area contributed by atoms with Crippen molar-refractivity contribution >= 4 is 5.97 Å². The fourth-order valence-electron chi connectivity index (χ4n) is 0.770. The van der Waals surface area contributed by atoms with Crippen molar-refractivity contribution in [1.82, 2.24) is 5.32 Å². The van der Waals surface area contributed by atoms with Crippen LogP contribution in [0.3, 0.4) is 0 Å². The Balaban J connectivity index is 2.48. The van der Waals surface area contributed by atoms with Gasteiger partial charge in [-0.15, -0.1) is 0 Å². The Labute approximate surface area is 58.5 Å². The van der Waals surface area contributed by atoms with E-state index >= 15 is 0 Å². The van der Waals surface area contributed by atoms with E-state index in [1.54, 1.807) is 0 Å². The van der Waals surface area contributed by atoms with Gasteiger partial charge in [0.1, 0.15) is 6.10 Å². The monoisotopic (exact) mass is 143 g/mol. The predicted octanol–water partition coefficient (Wildman–Crippen LogP) is -0.427. The van der Waals surface area contributed by atoms with Crippen molar-refractivity contribution < 1.29 is 14.6 Å². The van der Waals surface area contributed by atoms with Crippen molar-refractivity contribution in [3.05, 3.63) is 12.2 Å². The second kappa shape index (κ2) is 2.81. The Morgan fingerprint density at radius 2 is 2.50 bits per heavy atom. The SMILES string of the molecule is C=C(C(=O)O)C1CNCO1. The third kappa shape index (κ3) is 1.34. The number of hydrogen-bond acceptors (Lipinski definition) is 3. The van der Waals surface area contributed by atoms with E-state index in [1.807, 2.05) is 0 Å². The van der Waals surface area contributed by atoms with Crippen molar-refractivity contribution in [1.29, 1.82) is 0 Å². The average molecular weight is 143 g/mol. The fourth-order valence-corrected chi connectivity index (χ4v) is 0.770. The molecule has 56 valence electrons. The number of nitrogens with one attached hydrogen (secondary N) is 1. The summed E-state index contributed by atoms with van der Waals surface area (Å²) in [4.78, 5) is 10.3. The van der Waals surface area contributed by atoms with Crippen LogP contribution in [0.2, 0.25) is 0 Å². The van der Waals surface area contributed by atoms with Crippen LogP contribution in [-0.4, -0.2) is 30.5 Å². The smallest absolute Gasteiger partial charge is 0.333 e. The number of carbonyl (C=O) groups is 1. The van der Waals surface area contributed by atoms with E-state index in [4.69, 9.17) is 9.84 Å². The summed E-state index contributed by atoms with van der Waals surface area (Å²) in [5, 5.41) is 11.3. The molecular weight excluding hydrogens is 134 g/mol. The average Bonchev–Trinajstić information content (AvgIpc) is 2.36. The van der Waals surface area contributed by atoms with Crippen LogP contribution in [-0.2, 0) is 9.53 Å². The lowest BCUT2D eigenvalue weighted by Gasteiger charge is -2.05. The first-order valence-electron chi connectivity index (χ1n) is 2.96. The van der Waals surface area contributed by atoms with Crippen LogP contribution in [0.25, 0.3) is 0 Å². The molecular formula is C6H9NO3. The van der Waals surface area contributed by atoms with Gasteiger partial charge in [0.15, 0.2) is 0 Å². The summed E-state index contributed by atoms with van der Waals surface area (Å²) in [5.74, 6) is -0.992. The highest BCUT2D eigenvalue weighted by molar-refractivity contribution is 5.87. The molecule has 1 saturated heterocycles. The molecule has 10 heavy (non-hydrogen) atoms. The lowest BCUT2D eigenvalue weighted by Crippen LogP contribution is -2.20. The van der Waals surface area contributed by atoms with Crippen molar-refractivity contribution in [3.8, 4) is 0 Å². The minimum Gasteiger partial charge on any atom is -0.478 e. The molecule has 1 heterocycles. The Morgan fingerprint density at radius 3 is 2.90 bits per heavy atom. The molecule has 4 heteroatoms. The van der Waals surface area contributed by atoms with Crippen LogP contribution in [0.4, 0.5) is 0 Å². The first kappa shape index (κ1) is 7.24. The van der Waals surface area contributed by atoms with Gasteiger partial charge in [0.25, 0.3) is 0 Å². The second-order valence-corrected chi connectivity index (χ2v) is 2.08. The van der Waals surface area contributed by atoms with Gasteiger partial charge < -0.3 is 9.84 Å². The number of rotatable bonds is 2. The quantitative estimate of drug-likeness (QED) is 0.515. The molecule has 1 aliphatic rings. The van der Waals surface area contributed by atoms with Crippen LogP contribution in [0, 0.1) is 0 Å². The molecule has 0 aliphatic carbocycles. The highest BCUT2D eigenvalue weighted by Gasteiger charge is 2.22. The highest BCUT2D eigenvalue weighted by Crippen LogP contribution is 2.07. The molecule has 0 saturated carbocycles. The zero-order valence-corrected chi connectivity index (χ0v) is 5.46. The molecule has 2 N–H and O–H groups in total. The predicted molar refractivity (Wildman–Crippen MR) is 34.5 cm³/mol. The van der Waals surface area contributed by atoms with E-state index in [0.717, 1.165) is 0 Å². The van der Waals surface area contributed by atoms with Crippen molar-refractivity contribution in [2.75, 3.05) is 13.3 Å². The molecule has 0 aromatic rings. The molecule has 1 rings (SSSR count). The maximum Gasteiger partial charge on any atom is 0.333 e. The van der Waals surface area contributed by atoms with Gasteiger partial charge in [0, 0.05) is 6.54 Å². The molecule has 0 amide bonds. The normalized spacial score (nSPS) is 24.6. The number of carboxylic acids is 1. The number of ether oxygens (including phenoxy) is 1. The zero-order chi connectivity index (χ0) is 7.56. The van der Waals surface area contributed by atoms with Gasteiger partial charge in [-0.2, -0.15) is 0 Å². The fraction of sp³-hybridized carbons (Fsp3) is 0.500. The third-order valence-corrected chi connectivity index (χ3v) is 1.38. The zero-order valence-electron chi connectivity index (χ0n) is 5.46. The summed E-state index contributed by atoms with van der Waals surface area (Å²) < 4.78 is 4.98. The highest BCUT2D eigenvalue weighted by atomic mass is 16.5. The second-order valence-electron chi connectivity index (χ2n) is 2.08. The van der Waals surface area contributed by atoms with Gasteiger partial charge in [-0.05, 0) is 0 Å². The van der Waals surface area contributed by atoms with Gasteiger partial charge in [0.05, 0.1) is 12.3 Å². The summed E-state index contributed by atoms with van der Waals surface area (Å²) in [7, 11) is 0. The van der Waals surface area contributed by atoms with Gasteiger partial charge >= 0.3 is 5.97 Å². The first-order valence-corrected chi connectivity index (χ1v) is 2.96. The van der Waals surface area contributed by atoms with Crippen molar-refractivity contribution in [2.45, 2.75) is 6.10 Å². The number of aliphatic carboxylic acids is 1. The first-order chi connectivity index (χ1) is 4.72. The topological polar surface area (TPSA) is 58.6 Å². The third-order valence-electron chi connectivity index (χ3n) is 1.38. The molecule has 1 fully saturated rings.